The predicted octanol–water partition coefficient (Wildman–Crippen LogP) is 3.43. The molecule has 0 fully saturated rings. The Kier molecular flexibility index (Phi) is 3.27. The van der Waals surface area contributed by atoms with Gasteiger partial charge in [0.1, 0.15) is 0 Å². The zero-order valence-corrected chi connectivity index (χ0v) is 11.3. The Labute approximate surface area is 127 Å². The second-order valence-electron chi connectivity index (χ2n) is 3.45. The van der Waals surface area contributed by atoms with E-state index >= 15 is 0 Å². The van der Waals surface area contributed by atoms with Crippen molar-refractivity contribution in [3.05, 3.63) is 53.6 Å². The summed E-state index contributed by atoms with van der Waals surface area (Å²) in [6.45, 7) is 0. The van der Waals surface area contributed by atoms with E-state index in [0.717, 1.165) is 4.86 Å². The molecule has 1 aliphatic rings. The van der Waals surface area contributed by atoms with Crippen LogP contribution in [0.15, 0.2) is 42.5 Å². The van der Waals surface area contributed by atoms with Crippen molar-refractivity contribution >= 4 is 71.7 Å². The first kappa shape index (κ1) is 11.3. The van der Waals surface area contributed by atoms with Crippen LogP contribution in [0.2, 0.25) is 0 Å². The third-order valence-electron chi connectivity index (χ3n) is 2.62. The third-order valence-corrected chi connectivity index (χ3v) is 2.97. The van der Waals surface area contributed by atoms with E-state index < -0.39 is 0 Å². The van der Waals surface area contributed by atoms with Gasteiger partial charge in [-0.2, -0.15) is 0 Å². The standard InChI is InChI=1S/C13H8S.Ca.2H/c14-12-8-7-10-4-1-3-9-5-2-6-11(12)13(9)10;;;/h1-8H;;;/q;+2;2*-1. The fourth-order valence-electron chi connectivity index (χ4n) is 1.97. The fraction of sp³-hybridized carbons (Fsp3) is 0. The van der Waals surface area contributed by atoms with Crippen molar-refractivity contribution in [1.82, 2.24) is 0 Å². The summed E-state index contributed by atoms with van der Waals surface area (Å²) in [4.78, 5) is 0.939. The number of hydrogen-bond acceptors (Lipinski definition) is 1. The van der Waals surface area contributed by atoms with Crippen LogP contribution in [0.1, 0.15) is 14.0 Å². The molecule has 1 aliphatic carbocycles. The largest absolute Gasteiger partial charge is 2.00 e. The van der Waals surface area contributed by atoms with E-state index in [2.05, 4.69) is 42.5 Å². The summed E-state index contributed by atoms with van der Waals surface area (Å²) in [5.41, 5.74) is 2.46. The molecular formula is C13H10CaS. The van der Waals surface area contributed by atoms with Gasteiger partial charge in [0.05, 0.1) is 0 Å². The summed E-state index contributed by atoms with van der Waals surface area (Å²) in [7, 11) is 0. The average molecular weight is 238 g/mol. The van der Waals surface area contributed by atoms with E-state index in [0.29, 0.717) is 0 Å². The Bertz CT molecular complexity index is 573. The molecule has 0 amide bonds. The van der Waals surface area contributed by atoms with E-state index in [9.17, 15) is 0 Å². The van der Waals surface area contributed by atoms with Crippen molar-refractivity contribution in [2.45, 2.75) is 0 Å². The van der Waals surface area contributed by atoms with Gasteiger partial charge in [0.2, 0.25) is 0 Å². The van der Waals surface area contributed by atoms with E-state index in [-0.39, 0.29) is 40.6 Å². The van der Waals surface area contributed by atoms with Crippen LogP contribution in [-0.2, 0) is 0 Å². The molecular weight excluding hydrogens is 228 g/mol. The zero-order valence-electron chi connectivity index (χ0n) is 10.2. The SMILES string of the molecule is S=C1C=Cc2cccc3cccc1c23.[Ca+2].[H-].[H-]. The zero-order chi connectivity index (χ0) is 9.54. The molecule has 70 valence electrons. The Hall–Kier alpha value is -0.210. The van der Waals surface area contributed by atoms with Gasteiger partial charge in [0.25, 0.3) is 0 Å². The number of allylic oxidation sites excluding steroid dienone is 1. The molecule has 3 rings (SSSR count). The van der Waals surface area contributed by atoms with Crippen molar-refractivity contribution in [2.75, 3.05) is 0 Å². The minimum Gasteiger partial charge on any atom is -1.00 e. The molecule has 2 aromatic rings. The van der Waals surface area contributed by atoms with Gasteiger partial charge < -0.3 is 2.85 Å². The van der Waals surface area contributed by atoms with E-state index in [1.165, 1.54) is 21.9 Å². The third kappa shape index (κ3) is 1.78. The molecule has 0 aromatic heterocycles. The first-order valence-electron chi connectivity index (χ1n) is 4.60. The van der Waals surface area contributed by atoms with E-state index in [4.69, 9.17) is 12.2 Å². The van der Waals surface area contributed by atoms with E-state index in [1.807, 2.05) is 6.08 Å². The van der Waals surface area contributed by atoms with Gasteiger partial charge in [-0.1, -0.05) is 54.7 Å². The van der Waals surface area contributed by atoms with Crippen molar-refractivity contribution in [3.8, 4) is 0 Å². The normalized spacial score (nSPS) is 12.7. The monoisotopic (exact) mass is 238 g/mol. The van der Waals surface area contributed by atoms with Crippen LogP contribution >= 0.6 is 12.2 Å². The van der Waals surface area contributed by atoms with Crippen LogP contribution in [0.3, 0.4) is 0 Å². The van der Waals surface area contributed by atoms with Crippen molar-refractivity contribution in [2.24, 2.45) is 0 Å². The van der Waals surface area contributed by atoms with Crippen molar-refractivity contribution in [3.63, 3.8) is 0 Å². The molecule has 0 heterocycles. The summed E-state index contributed by atoms with van der Waals surface area (Å²) in [5, 5.41) is 2.56. The fourth-order valence-corrected chi connectivity index (χ4v) is 2.21. The minimum absolute atomic E-state index is 0. The molecule has 15 heavy (non-hydrogen) atoms. The number of rotatable bonds is 0. The Morgan fingerprint density at radius 2 is 1.67 bits per heavy atom. The first-order chi connectivity index (χ1) is 6.86. The molecule has 0 N–H and O–H groups in total. The molecule has 0 saturated carbocycles. The molecule has 0 spiro atoms. The van der Waals surface area contributed by atoms with Gasteiger partial charge in [-0.05, 0) is 22.4 Å². The summed E-state index contributed by atoms with van der Waals surface area (Å²) in [6, 6.07) is 12.6. The van der Waals surface area contributed by atoms with Crippen LogP contribution < -0.4 is 0 Å². The van der Waals surface area contributed by atoms with Gasteiger partial charge in [0.15, 0.2) is 0 Å². The smallest absolute Gasteiger partial charge is 1.00 e. The van der Waals surface area contributed by atoms with E-state index in [1.54, 1.807) is 0 Å². The summed E-state index contributed by atoms with van der Waals surface area (Å²) in [5.74, 6) is 0. The summed E-state index contributed by atoms with van der Waals surface area (Å²) < 4.78 is 0. The number of benzene rings is 2. The first-order valence-corrected chi connectivity index (χ1v) is 5.01. The molecule has 2 heteroatoms. The number of thiocarbonyl (C=S) groups is 1. The Morgan fingerprint density at radius 1 is 0.933 bits per heavy atom. The molecule has 0 unspecified atom stereocenters. The van der Waals surface area contributed by atoms with Crippen molar-refractivity contribution in [1.29, 1.82) is 0 Å². The molecule has 0 radical (unpaired) electrons. The maximum absolute atomic E-state index is 5.31. The molecule has 0 nitrogen and oxygen atoms in total. The summed E-state index contributed by atoms with van der Waals surface area (Å²) in [6.07, 6.45) is 4.10. The minimum atomic E-state index is 0. The summed E-state index contributed by atoms with van der Waals surface area (Å²) >= 11 is 5.31. The quantitative estimate of drug-likeness (QED) is 0.500. The maximum atomic E-state index is 5.31. The van der Waals surface area contributed by atoms with Gasteiger partial charge in [-0.3, -0.25) is 0 Å². The maximum Gasteiger partial charge on any atom is 2.00 e. The topological polar surface area (TPSA) is 0 Å². The van der Waals surface area contributed by atoms with Gasteiger partial charge in [0, 0.05) is 10.4 Å². The van der Waals surface area contributed by atoms with Crippen LogP contribution in [0, 0.1) is 0 Å². The Balaban J connectivity index is 0.000000853. The van der Waals surface area contributed by atoms with Gasteiger partial charge in [-0.25, -0.2) is 0 Å². The van der Waals surface area contributed by atoms with Gasteiger partial charge >= 0.3 is 37.7 Å². The molecule has 2 aromatic carbocycles. The Morgan fingerprint density at radius 3 is 2.47 bits per heavy atom. The second kappa shape index (κ2) is 4.34. The van der Waals surface area contributed by atoms with Gasteiger partial charge in [-0.15, -0.1) is 0 Å². The van der Waals surface area contributed by atoms with Crippen LogP contribution in [0.25, 0.3) is 16.8 Å². The average Bonchev–Trinajstić information content (AvgIpc) is 2.24. The molecule has 0 bridgehead atoms. The van der Waals surface area contributed by atoms with Crippen molar-refractivity contribution < 1.29 is 2.85 Å². The molecule has 0 aliphatic heterocycles. The number of hydrogen-bond donors (Lipinski definition) is 0. The van der Waals surface area contributed by atoms with Crippen LogP contribution in [0.5, 0.6) is 0 Å². The second-order valence-corrected chi connectivity index (χ2v) is 3.89. The molecule has 0 atom stereocenters. The van der Waals surface area contributed by atoms with Crippen LogP contribution in [-0.4, -0.2) is 42.6 Å². The van der Waals surface area contributed by atoms with Crippen LogP contribution in [0.4, 0.5) is 0 Å². The predicted molar refractivity (Wildman–Crippen MR) is 72.7 cm³/mol. The molecule has 0 saturated heterocycles.